The first kappa shape index (κ1) is 15.7. The van der Waals surface area contributed by atoms with Crippen molar-refractivity contribution in [1.29, 1.82) is 0 Å². The molecule has 0 spiro atoms. The lowest BCUT2D eigenvalue weighted by molar-refractivity contribution is 0.0456. The second-order valence-corrected chi connectivity index (χ2v) is 5.82. The van der Waals surface area contributed by atoms with E-state index in [4.69, 9.17) is 0 Å². The topological polar surface area (TPSA) is 40.5 Å². The highest BCUT2D eigenvalue weighted by atomic mass is 16.3. The van der Waals surface area contributed by atoms with E-state index < -0.39 is 5.41 Å². The fourth-order valence-corrected chi connectivity index (χ4v) is 2.75. The van der Waals surface area contributed by atoms with Gasteiger partial charge in [0.05, 0.1) is 13.2 Å². The van der Waals surface area contributed by atoms with Gasteiger partial charge in [-0.15, -0.1) is 0 Å². The van der Waals surface area contributed by atoms with Crippen LogP contribution < -0.4 is 0 Å². The van der Waals surface area contributed by atoms with Crippen LogP contribution in [0.1, 0.15) is 24.0 Å². The van der Waals surface area contributed by atoms with E-state index in [1.807, 2.05) is 36.4 Å². The summed E-state index contributed by atoms with van der Waals surface area (Å²) < 4.78 is 0. The zero-order valence-corrected chi connectivity index (χ0v) is 12.4. The minimum absolute atomic E-state index is 0.0210. The van der Waals surface area contributed by atoms with Crippen molar-refractivity contribution in [2.24, 2.45) is 5.41 Å². The fourth-order valence-electron chi connectivity index (χ4n) is 2.75. The Bertz CT molecular complexity index is 504. The summed E-state index contributed by atoms with van der Waals surface area (Å²) in [5.41, 5.74) is 2.05. The highest BCUT2D eigenvalue weighted by Crippen LogP contribution is 2.28. The van der Waals surface area contributed by atoms with Crippen molar-refractivity contribution in [3.8, 4) is 0 Å². The quantitative estimate of drug-likeness (QED) is 0.781. The maximum Gasteiger partial charge on any atom is 0.0512 e. The van der Waals surface area contributed by atoms with Crippen LogP contribution in [-0.2, 0) is 12.8 Å². The van der Waals surface area contributed by atoms with Gasteiger partial charge in [-0.25, -0.2) is 0 Å². The second-order valence-electron chi connectivity index (χ2n) is 5.82. The van der Waals surface area contributed by atoms with E-state index >= 15 is 0 Å². The minimum Gasteiger partial charge on any atom is -0.396 e. The van der Waals surface area contributed by atoms with Crippen LogP contribution in [0.4, 0.5) is 0 Å². The molecule has 0 fully saturated rings. The molecule has 0 unspecified atom stereocenters. The Balaban J connectivity index is 1.94. The van der Waals surface area contributed by atoms with Gasteiger partial charge in [0.1, 0.15) is 0 Å². The standard InChI is InChI=1S/C19H24O2/c20-15-19(16-21,14-18-10-5-2-6-11-18)13-7-12-17-8-3-1-4-9-17/h1-6,8-11,20-21H,7,12-16H2. The number of benzene rings is 2. The van der Waals surface area contributed by atoms with Gasteiger partial charge in [-0.3, -0.25) is 0 Å². The monoisotopic (exact) mass is 284 g/mol. The van der Waals surface area contributed by atoms with Gasteiger partial charge in [0.15, 0.2) is 0 Å². The Hall–Kier alpha value is -1.64. The molecular formula is C19H24O2. The summed E-state index contributed by atoms with van der Waals surface area (Å²) in [6.45, 7) is 0.0420. The number of hydrogen-bond donors (Lipinski definition) is 2. The fraction of sp³-hybridized carbons (Fsp3) is 0.368. The largest absolute Gasteiger partial charge is 0.396 e. The van der Waals surface area contributed by atoms with Crippen LogP contribution in [0.3, 0.4) is 0 Å². The number of aliphatic hydroxyl groups is 2. The molecule has 0 saturated heterocycles. The summed E-state index contributed by atoms with van der Waals surface area (Å²) in [5.74, 6) is 0. The predicted octanol–water partition coefficient (Wildman–Crippen LogP) is 3.22. The smallest absolute Gasteiger partial charge is 0.0512 e. The molecule has 0 amide bonds. The Morgan fingerprint density at radius 1 is 0.714 bits per heavy atom. The van der Waals surface area contributed by atoms with Crippen LogP contribution in [-0.4, -0.2) is 23.4 Å². The van der Waals surface area contributed by atoms with E-state index in [1.54, 1.807) is 0 Å². The van der Waals surface area contributed by atoms with Gasteiger partial charge in [0, 0.05) is 5.41 Å². The van der Waals surface area contributed by atoms with Gasteiger partial charge in [0.2, 0.25) is 0 Å². The number of rotatable bonds is 8. The highest BCUT2D eigenvalue weighted by Gasteiger charge is 2.28. The Labute approximate surface area is 127 Å². The van der Waals surface area contributed by atoms with Crippen molar-refractivity contribution in [1.82, 2.24) is 0 Å². The molecule has 2 rings (SSSR count). The van der Waals surface area contributed by atoms with Crippen molar-refractivity contribution in [2.75, 3.05) is 13.2 Å². The van der Waals surface area contributed by atoms with Gasteiger partial charge >= 0.3 is 0 Å². The van der Waals surface area contributed by atoms with E-state index in [0.717, 1.165) is 25.7 Å². The molecule has 2 nitrogen and oxygen atoms in total. The van der Waals surface area contributed by atoms with E-state index in [-0.39, 0.29) is 13.2 Å². The molecule has 2 heteroatoms. The molecule has 0 radical (unpaired) electrons. The van der Waals surface area contributed by atoms with Crippen molar-refractivity contribution >= 4 is 0 Å². The Kier molecular flexibility index (Phi) is 5.97. The third-order valence-corrected chi connectivity index (χ3v) is 4.11. The summed E-state index contributed by atoms with van der Waals surface area (Å²) in [7, 11) is 0. The van der Waals surface area contributed by atoms with Gasteiger partial charge in [-0.05, 0) is 36.8 Å². The molecule has 0 aliphatic heterocycles. The molecule has 0 bridgehead atoms. The zero-order valence-electron chi connectivity index (χ0n) is 12.4. The molecule has 0 atom stereocenters. The molecule has 0 aromatic heterocycles. The van der Waals surface area contributed by atoms with Crippen LogP contribution in [0, 0.1) is 5.41 Å². The first-order valence-electron chi connectivity index (χ1n) is 7.58. The summed E-state index contributed by atoms with van der Waals surface area (Å²) in [4.78, 5) is 0. The van der Waals surface area contributed by atoms with E-state index in [1.165, 1.54) is 11.1 Å². The van der Waals surface area contributed by atoms with Crippen molar-refractivity contribution < 1.29 is 10.2 Å². The zero-order chi connectivity index (χ0) is 15.0. The SMILES string of the molecule is OCC(CO)(CCCc1ccccc1)Cc1ccccc1. The van der Waals surface area contributed by atoms with Crippen molar-refractivity contribution in [3.63, 3.8) is 0 Å². The lowest BCUT2D eigenvalue weighted by Crippen LogP contribution is -2.32. The van der Waals surface area contributed by atoms with E-state index in [0.29, 0.717) is 0 Å². The maximum atomic E-state index is 9.78. The van der Waals surface area contributed by atoms with Gasteiger partial charge in [-0.1, -0.05) is 60.7 Å². The van der Waals surface area contributed by atoms with Crippen molar-refractivity contribution in [2.45, 2.75) is 25.7 Å². The first-order valence-corrected chi connectivity index (χ1v) is 7.58. The molecule has 21 heavy (non-hydrogen) atoms. The normalized spacial score (nSPS) is 11.5. The third kappa shape index (κ3) is 4.69. The second kappa shape index (κ2) is 7.96. The Morgan fingerprint density at radius 3 is 1.76 bits per heavy atom. The average molecular weight is 284 g/mol. The van der Waals surface area contributed by atoms with Crippen LogP contribution in [0.25, 0.3) is 0 Å². The Morgan fingerprint density at radius 2 is 1.24 bits per heavy atom. The molecule has 2 N–H and O–H groups in total. The summed E-state index contributed by atoms with van der Waals surface area (Å²) in [6, 6.07) is 20.4. The number of aliphatic hydroxyl groups excluding tert-OH is 2. The molecule has 0 saturated carbocycles. The van der Waals surface area contributed by atoms with Gasteiger partial charge in [0.25, 0.3) is 0 Å². The minimum atomic E-state index is -0.421. The first-order chi connectivity index (χ1) is 10.3. The van der Waals surface area contributed by atoms with Crippen LogP contribution in [0.15, 0.2) is 60.7 Å². The number of aryl methyl sites for hydroxylation is 1. The molecule has 112 valence electrons. The number of hydrogen-bond acceptors (Lipinski definition) is 2. The molecular weight excluding hydrogens is 260 g/mol. The van der Waals surface area contributed by atoms with Gasteiger partial charge < -0.3 is 10.2 Å². The van der Waals surface area contributed by atoms with Crippen molar-refractivity contribution in [3.05, 3.63) is 71.8 Å². The maximum absolute atomic E-state index is 9.78. The predicted molar refractivity (Wildman–Crippen MR) is 86.1 cm³/mol. The summed E-state index contributed by atoms with van der Waals surface area (Å²) >= 11 is 0. The molecule has 2 aromatic rings. The highest BCUT2D eigenvalue weighted by molar-refractivity contribution is 5.17. The lowest BCUT2D eigenvalue weighted by Gasteiger charge is -2.30. The summed E-state index contributed by atoms with van der Waals surface area (Å²) in [5, 5.41) is 19.6. The van der Waals surface area contributed by atoms with Crippen LogP contribution >= 0.6 is 0 Å². The lowest BCUT2D eigenvalue weighted by atomic mass is 9.78. The summed E-state index contributed by atoms with van der Waals surface area (Å²) in [6.07, 6.45) is 3.49. The molecule has 0 aliphatic carbocycles. The third-order valence-electron chi connectivity index (χ3n) is 4.11. The van der Waals surface area contributed by atoms with Gasteiger partial charge in [-0.2, -0.15) is 0 Å². The molecule has 0 heterocycles. The van der Waals surface area contributed by atoms with Crippen LogP contribution in [0.2, 0.25) is 0 Å². The average Bonchev–Trinajstić information content (AvgIpc) is 2.56. The van der Waals surface area contributed by atoms with E-state index in [9.17, 15) is 10.2 Å². The van der Waals surface area contributed by atoms with Crippen LogP contribution in [0.5, 0.6) is 0 Å². The molecule has 0 aliphatic rings. The van der Waals surface area contributed by atoms with E-state index in [2.05, 4.69) is 24.3 Å². The molecule has 2 aromatic carbocycles.